The summed E-state index contributed by atoms with van der Waals surface area (Å²) in [6, 6.07) is 6.50. The normalized spacial score (nSPS) is 10.5. The van der Waals surface area contributed by atoms with Crippen molar-refractivity contribution in [1.29, 1.82) is 0 Å². The Hall–Kier alpha value is -1.38. The van der Waals surface area contributed by atoms with Gasteiger partial charge in [-0.1, -0.05) is 18.2 Å². The maximum atomic E-state index is 13.5. The molecule has 1 aromatic rings. The maximum Gasteiger partial charge on any atom is 0.239 e. The molecule has 0 heterocycles. The zero-order chi connectivity index (χ0) is 14.8. The van der Waals surface area contributed by atoms with Crippen LogP contribution in [-0.4, -0.2) is 31.5 Å². The van der Waals surface area contributed by atoms with Gasteiger partial charge in [0.15, 0.2) is 5.96 Å². The first-order valence-electron chi connectivity index (χ1n) is 6.69. The summed E-state index contributed by atoms with van der Waals surface area (Å²) in [4.78, 5) is 15.6. The molecule has 21 heavy (non-hydrogen) atoms. The van der Waals surface area contributed by atoms with Crippen LogP contribution in [0.1, 0.15) is 19.4 Å². The van der Waals surface area contributed by atoms with E-state index in [1.54, 1.807) is 18.2 Å². The number of benzene rings is 1. The Labute approximate surface area is 141 Å². The fourth-order valence-corrected chi connectivity index (χ4v) is 1.56. The van der Waals surface area contributed by atoms with Crippen LogP contribution in [-0.2, 0) is 11.3 Å². The van der Waals surface area contributed by atoms with Gasteiger partial charge in [-0.15, -0.1) is 24.0 Å². The number of halogens is 2. The van der Waals surface area contributed by atoms with Gasteiger partial charge in [0.05, 0.1) is 13.1 Å². The Morgan fingerprint density at radius 1 is 1.14 bits per heavy atom. The van der Waals surface area contributed by atoms with E-state index in [1.807, 2.05) is 13.8 Å². The molecule has 0 aliphatic carbocycles. The number of carbonyl (C=O) groups excluding carboxylic acids is 1. The average molecular weight is 408 g/mol. The van der Waals surface area contributed by atoms with Crippen LogP contribution >= 0.6 is 24.0 Å². The molecule has 1 rings (SSSR count). The number of aliphatic imine (C=N–C) groups is 1. The molecule has 0 radical (unpaired) electrons. The molecular formula is C14H22FIN4O. The summed E-state index contributed by atoms with van der Waals surface area (Å²) in [7, 11) is 0. The summed E-state index contributed by atoms with van der Waals surface area (Å²) in [5.74, 6) is 0.0989. The summed E-state index contributed by atoms with van der Waals surface area (Å²) in [5.41, 5.74) is 0.516. The largest absolute Gasteiger partial charge is 0.357 e. The first kappa shape index (κ1) is 19.6. The molecular weight excluding hydrogens is 386 g/mol. The van der Waals surface area contributed by atoms with Crippen molar-refractivity contribution in [3.8, 4) is 0 Å². The van der Waals surface area contributed by atoms with Crippen LogP contribution in [0, 0.1) is 5.82 Å². The van der Waals surface area contributed by atoms with Gasteiger partial charge in [-0.3, -0.25) is 4.79 Å². The molecule has 7 heteroatoms. The van der Waals surface area contributed by atoms with E-state index in [1.165, 1.54) is 6.07 Å². The summed E-state index contributed by atoms with van der Waals surface area (Å²) >= 11 is 0. The zero-order valence-electron chi connectivity index (χ0n) is 12.3. The predicted molar refractivity (Wildman–Crippen MR) is 93.3 cm³/mol. The van der Waals surface area contributed by atoms with Crippen LogP contribution in [0.5, 0.6) is 0 Å². The second kappa shape index (κ2) is 11.3. The van der Waals surface area contributed by atoms with E-state index in [2.05, 4.69) is 20.9 Å². The van der Waals surface area contributed by atoms with Crippen molar-refractivity contribution in [1.82, 2.24) is 16.0 Å². The molecule has 0 spiro atoms. The first-order valence-corrected chi connectivity index (χ1v) is 6.69. The Kier molecular flexibility index (Phi) is 10.6. The summed E-state index contributed by atoms with van der Waals surface area (Å²) in [6.07, 6.45) is 0. The highest BCUT2D eigenvalue weighted by atomic mass is 127. The van der Waals surface area contributed by atoms with Gasteiger partial charge in [-0.25, -0.2) is 9.38 Å². The van der Waals surface area contributed by atoms with E-state index in [9.17, 15) is 9.18 Å². The second-order valence-corrected chi connectivity index (χ2v) is 4.09. The summed E-state index contributed by atoms with van der Waals surface area (Å²) in [5, 5.41) is 8.59. The van der Waals surface area contributed by atoms with Gasteiger partial charge in [-0.05, 0) is 19.9 Å². The first-order chi connectivity index (χ1) is 9.67. The summed E-state index contributed by atoms with van der Waals surface area (Å²) in [6.45, 7) is 5.39. The number of amides is 1. The Bertz CT molecular complexity index is 468. The molecule has 0 unspecified atom stereocenters. The molecule has 0 bridgehead atoms. The van der Waals surface area contributed by atoms with Gasteiger partial charge in [0.1, 0.15) is 5.82 Å². The van der Waals surface area contributed by atoms with E-state index in [4.69, 9.17) is 0 Å². The maximum absolute atomic E-state index is 13.5. The molecule has 3 N–H and O–H groups in total. The molecule has 0 fully saturated rings. The molecule has 118 valence electrons. The number of rotatable bonds is 6. The minimum atomic E-state index is -0.282. The van der Waals surface area contributed by atoms with Crippen LogP contribution < -0.4 is 16.0 Å². The predicted octanol–water partition coefficient (Wildman–Crippen LogP) is 1.63. The summed E-state index contributed by atoms with van der Waals surface area (Å²) < 4.78 is 13.5. The fourth-order valence-electron chi connectivity index (χ4n) is 1.56. The molecule has 0 aliphatic heterocycles. The lowest BCUT2D eigenvalue weighted by atomic mass is 10.2. The Morgan fingerprint density at radius 2 is 1.81 bits per heavy atom. The number of hydrogen-bond acceptors (Lipinski definition) is 2. The van der Waals surface area contributed by atoms with Gasteiger partial charge in [0.25, 0.3) is 0 Å². The van der Waals surface area contributed by atoms with Crippen LogP contribution in [0.4, 0.5) is 4.39 Å². The number of nitrogens with one attached hydrogen (secondary N) is 3. The van der Waals surface area contributed by atoms with Crippen molar-refractivity contribution in [2.24, 2.45) is 4.99 Å². The SMILES string of the molecule is CCNC(=O)CNC(=NCc1ccccc1F)NCC.I. The Balaban J connectivity index is 0.00000400. The van der Waals surface area contributed by atoms with Crippen molar-refractivity contribution in [3.63, 3.8) is 0 Å². The van der Waals surface area contributed by atoms with E-state index in [0.29, 0.717) is 24.6 Å². The van der Waals surface area contributed by atoms with Crippen molar-refractivity contribution in [3.05, 3.63) is 35.6 Å². The minimum absolute atomic E-state index is 0. The van der Waals surface area contributed by atoms with E-state index >= 15 is 0 Å². The number of carbonyl (C=O) groups is 1. The zero-order valence-corrected chi connectivity index (χ0v) is 14.6. The lowest BCUT2D eigenvalue weighted by Crippen LogP contribution is -2.43. The molecule has 0 saturated carbocycles. The molecule has 0 saturated heterocycles. The number of guanidine groups is 1. The monoisotopic (exact) mass is 408 g/mol. The number of nitrogens with zero attached hydrogens (tertiary/aromatic N) is 1. The second-order valence-electron chi connectivity index (χ2n) is 4.09. The third kappa shape index (κ3) is 7.84. The van der Waals surface area contributed by atoms with Gasteiger partial charge >= 0.3 is 0 Å². The number of likely N-dealkylation sites (N-methyl/N-ethyl adjacent to an activating group) is 1. The molecule has 0 aliphatic rings. The van der Waals surface area contributed by atoms with E-state index < -0.39 is 0 Å². The smallest absolute Gasteiger partial charge is 0.239 e. The molecule has 0 atom stereocenters. The highest BCUT2D eigenvalue weighted by Gasteiger charge is 2.03. The van der Waals surface area contributed by atoms with Crippen LogP contribution in [0.25, 0.3) is 0 Å². The van der Waals surface area contributed by atoms with Crippen LogP contribution in [0.15, 0.2) is 29.3 Å². The fraction of sp³-hybridized carbons (Fsp3) is 0.429. The molecule has 1 amide bonds. The third-order valence-corrected chi connectivity index (χ3v) is 2.50. The standard InChI is InChI=1S/C14H21FN4O.HI/c1-3-16-13(20)10-19-14(17-4-2)18-9-11-7-5-6-8-12(11)15;/h5-8H,3-4,9-10H2,1-2H3,(H,16,20)(H2,17,18,19);1H. The van der Waals surface area contributed by atoms with Crippen molar-refractivity contribution < 1.29 is 9.18 Å². The van der Waals surface area contributed by atoms with Crippen LogP contribution in [0.3, 0.4) is 0 Å². The van der Waals surface area contributed by atoms with Gasteiger partial charge < -0.3 is 16.0 Å². The molecule has 0 aromatic heterocycles. The minimum Gasteiger partial charge on any atom is -0.357 e. The lowest BCUT2D eigenvalue weighted by Gasteiger charge is -2.11. The Morgan fingerprint density at radius 3 is 2.43 bits per heavy atom. The number of hydrogen-bond donors (Lipinski definition) is 3. The molecule has 1 aromatic carbocycles. The highest BCUT2D eigenvalue weighted by molar-refractivity contribution is 14.0. The van der Waals surface area contributed by atoms with Gasteiger partial charge in [0, 0.05) is 18.7 Å². The van der Waals surface area contributed by atoms with Crippen molar-refractivity contribution >= 4 is 35.8 Å². The van der Waals surface area contributed by atoms with Gasteiger partial charge in [-0.2, -0.15) is 0 Å². The van der Waals surface area contributed by atoms with Crippen LogP contribution in [0.2, 0.25) is 0 Å². The van der Waals surface area contributed by atoms with Crippen molar-refractivity contribution in [2.45, 2.75) is 20.4 Å². The van der Waals surface area contributed by atoms with E-state index in [-0.39, 0.29) is 48.8 Å². The highest BCUT2D eigenvalue weighted by Crippen LogP contribution is 2.07. The average Bonchev–Trinajstić information content (AvgIpc) is 2.44. The van der Waals surface area contributed by atoms with E-state index in [0.717, 1.165) is 0 Å². The quantitative estimate of drug-likeness (QED) is 0.381. The third-order valence-electron chi connectivity index (χ3n) is 2.50. The topological polar surface area (TPSA) is 65.5 Å². The van der Waals surface area contributed by atoms with Gasteiger partial charge in [0.2, 0.25) is 5.91 Å². The van der Waals surface area contributed by atoms with Crippen molar-refractivity contribution in [2.75, 3.05) is 19.6 Å². The molecule has 5 nitrogen and oxygen atoms in total. The lowest BCUT2D eigenvalue weighted by molar-refractivity contribution is -0.119.